The summed E-state index contributed by atoms with van der Waals surface area (Å²) in [7, 11) is 0. The number of carbonyl (C=O) groups is 3. The Morgan fingerprint density at radius 2 is 2.17 bits per heavy atom. The third kappa shape index (κ3) is 4.37. The van der Waals surface area contributed by atoms with Crippen molar-refractivity contribution in [2.75, 3.05) is 39.3 Å². The molecule has 1 aliphatic carbocycles. The van der Waals surface area contributed by atoms with Crippen LogP contribution in [0.15, 0.2) is 30.3 Å². The van der Waals surface area contributed by atoms with E-state index in [9.17, 15) is 14.4 Å². The number of nitrogens with zero attached hydrogens (tertiary/aromatic N) is 2. The predicted molar refractivity (Wildman–Crippen MR) is 111 cm³/mol. The fourth-order valence-electron chi connectivity index (χ4n) is 3.76. The van der Waals surface area contributed by atoms with Crippen molar-refractivity contribution >= 4 is 39.3 Å². The third-order valence-electron chi connectivity index (χ3n) is 5.48. The van der Waals surface area contributed by atoms with Crippen LogP contribution in [0, 0.1) is 11.8 Å². The minimum Gasteiger partial charge on any atom is -0.466 e. The molecule has 1 aliphatic heterocycles. The fourth-order valence-corrected chi connectivity index (χ4v) is 4.79. The minimum absolute atomic E-state index is 0.0414. The number of rotatable bonds is 8. The van der Waals surface area contributed by atoms with E-state index in [1.165, 1.54) is 11.3 Å². The highest BCUT2D eigenvalue weighted by Gasteiger charge is 2.45. The SMILES string of the molecule is CCOC(=O)[C@H]1C[C@@H]1CN(CCN1CCNC1=O)C(=O)c1cc2ccccc2s1. The summed E-state index contributed by atoms with van der Waals surface area (Å²) in [5.74, 6) is -0.214. The van der Waals surface area contributed by atoms with Crippen LogP contribution in [0.1, 0.15) is 23.0 Å². The molecule has 2 aromatic rings. The van der Waals surface area contributed by atoms with Gasteiger partial charge in [-0.2, -0.15) is 0 Å². The number of amides is 3. The Morgan fingerprint density at radius 3 is 2.90 bits per heavy atom. The Kier molecular flexibility index (Phi) is 5.71. The van der Waals surface area contributed by atoms with Crippen LogP contribution in [0.4, 0.5) is 4.79 Å². The van der Waals surface area contributed by atoms with E-state index < -0.39 is 0 Å². The zero-order chi connectivity index (χ0) is 20.4. The van der Waals surface area contributed by atoms with E-state index in [0.717, 1.165) is 16.5 Å². The monoisotopic (exact) mass is 415 g/mol. The fraction of sp³-hybridized carbons (Fsp3) is 0.476. The van der Waals surface area contributed by atoms with Crippen LogP contribution in [0.2, 0.25) is 0 Å². The van der Waals surface area contributed by atoms with Gasteiger partial charge in [-0.05, 0) is 36.8 Å². The van der Waals surface area contributed by atoms with Gasteiger partial charge >= 0.3 is 12.0 Å². The Labute approximate surface area is 173 Å². The number of benzene rings is 1. The number of hydrogen-bond donors (Lipinski definition) is 1. The van der Waals surface area contributed by atoms with Crippen molar-refractivity contribution in [1.82, 2.24) is 15.1 Å². The van der Waals surface area contributed by atoms with Gasteiger partial charge in [-0.25, -0.2) is 4.79 Å². The number of nitrogens with one attached hydrogen (secondary N) is 1. The molecule has 0 bridgehead atoms. The second-order valence-corrected chi connectivity index (χ2v) is 8.56. The molecule has 0 radical (unpaired) electrons. The number of fused-ring (bicyclic) bond motifs is 1. The van der Waals surface area contributed by atoms with Gasteiger partial charge in [0.1, 0.15) is 0 Å². The molecule has 2 atom stereocenters. The summed E-state index contributed by atoms with van der Waals surface area (Å²) in [5.41, 5.74) is 0. The number of ether oxygens (including phenoxy) is 1. The molecule has 2 heterocycles. The maximum absolute atomic E-state index is 13.3. The number of thiophene rings is 1. The smallest absolute Gasteiger partial charge is 0.317 e. The van der Waals surface area contributed by atoms with Gasteiger partial charge in [-0.1, -0.05) is 18.2 Å². The molecule has 154 valence electrons. The summed E-state index contributed by atoms with van der Waals surface area (Å²) in [6, 6.07) is 9.77. The highest BCUT2D eigenvalue weighted by Crippen LogP contribution is 2.40. The van der Waals surface area contributed by atoms with Crippen molar-refractivity contribution < 1.29 is 19.1 Å². The summed E-state index contributed by atoms with van der Waals surface area (Å²) >= 11 is 1.48. The first kappa shape index (κ1) is 19.7. The van der Waals surface area contributed by atoms with Crippen molar-refractivity contribution in [1.29, 1.82) is 0 Å². The third-order valence-corrected chi connectivity index (χ3v) is 6.58. The topological polar surface area (TPSA) is 79.0 Å². The Bertz CT molecular complexity index is 895. The van der Waals surface area contributed by atoms with Crippen LogP contribution in [0.3, 0.4) is 0 Å². The average molecular weight is 416 g/mol. The van der Waals surface area contributed by atoms with Crippen LogP contribution < -0.4 is 5.32 Å². The molecule has 1 aromatic carbocycles. The van der Waals surface area contributed by atoms with Crippen LogP contribution in [0.5, 0.6) is 0 Å². The summed E-state index contributed by atoms with van der Waals surface area (Å²) in [6.45, 7) is 4.90. The van der Waals surface area contributed by atoms with Gasteiger partial charge < -0.3 is 19.9 Å². The van der Waals surface area contributed by atoms with Gasteiger partial charge in [0, 0.05) is 37.4 Å². The lowest BCUT2D eigenvalue weighted by molar-refractivity contribution is -0.145. The van der Waals surface area contributed by atoms with E-state index in [1.807, 2.05) is 30.3 Å². The maximum Gasteiger partial charge on any atom is 0.317 e. The Morgan fingerprint density at radius 1 is 1.34 bits per heavy atom. The largest absolute Gasteiger partial charge is 0.466 e. The van der Waals surface area contributed by atoms with E-state index in [4.69, 9.17) is 4.74 Å². The molecule has 7 nitrogen and oxygen atoms in total. The zero-order valence-corrected chi connectivity index (χ0v) is 17.2. The van der Waals surface area contributed by atoms with Crippen molar-refractivity contribution in [2.24, 2.45) is 11.8 Å². The van der Waals surface area contributed by atoms with Gasteiger partial charge in [-0.15, -0.1) is 11.3 Å². The number of hydrogen-bond acceptors (Lipinski definition) is 5. The molecule has 0 unspecified atom stereocenters. The van der Waals surface area contributed by atoms with Crippen LogP contribution in [0.25, 0.3) is 10.1 Å². The minimum atomic E-state index is -0.175. The second-order valence-electron chi connectivity index (χ2n) is 7.47. The first-order valence-corrected chi connectivity index (χ1v) is 10.9. The summed E-state index contributed by atoms with van der Waals surface area (Å²) in [5, 5.41) is 3.84. The van der Waals surface area contributed by atoms with Gasteiger partial charge in [0.2, 0.25) is 0 Å². The van der Waals surface area contributed by atoms with Crippen LogP contribution in [-0.2, 0) is 9.53 Å². The van der Waals surface area contributed by atoms with Gasteiger partial charge in [0.05, 0.1) is 17.4 Å². The summed E-state index contributed by atoms with van der Waals surface area (Å²) in [6.07, 6.45) is 0.749. The van der Waals surface area contributed by atoms with E-state index in [1.54, 1.807) is 16.7 Å². The molecule has 1 N–H and O–H groups in total. The Balaban J connectivity index is 1.47. The highest BCUT2D eigenvalue weighted by atomic mass is 32.1. The van der Waals surface area contributed by atoms with Gasteiger partial charge in [0.25, 0.3) is 5.91 Å². The maximum atomic E-state index is 13.3. The molecular formula is C21H25N3O4S. The molecule has 4 rings (SSSR count). The van der Waals surface area contributed by atoms with Crippen molar-refractivity contribution in [3.63, 3.8) is 0 Å². The molecule has 3 amide bonds. The lowest BCUT2D eigenvalue weighted by atomic mass is 10.2. The second kappa shape index (κ2) is 8.41. The van der Waals surface area contributed by atoms with Crippen LogP contribution >= 0.6 is 11.3 Å². The van der Waals surface area contributed by atoms with E-state index in [0.29, 0.717) is 44.2 Å². The number of carbonyl (C=O) groups excluding carboxylic acids is 3. The van der Waals surface area contributed by atoms with E-state index >= 15 is 0 Å². The predicted octanol–water partition coefficient (Wildman–Crippen LogP) is 2.57. The molecule has 0 spiro atoms. The highest BCUT2D eigenvalue weighted by molar-refractivity contribution is 7.20. The molecular weight excluding hydrogens is 390 g/mol. The zero-order valence-electron chi connectivity index (χ0n) is 16.4. The molecule has 1 aromatic heterocycles. The molecule has 1 saturated carbocycles. The van der Waals surface area contributed by atoms with Gasteiger partial charge in [-0.3, -0.25) is 9.59 Å². The van der Waals surface area contributed by atoms with E-state index in [2.05, 4.69) is 5.32 Å². The molecule has 2 fully saturated rings. The molecule has 1 saturated heterocycles. The van der Waals surface area contributed by atoms with Crippen molar-refractivity contribution in [3.05, 3.63) is 35.2 Å². The first-order chi connectivity index (χ1) is 14.1. The first-order valence-electron chi connectivity index (χ1n) is 10.0. The van der Waals surface area contributed by atoms with Crippen LogP contribution in [-0.4, -0.2) is 67.0 Å². The van der Waals surface area contributed by atoms with E-state index in [-0.39, 0.29) is 29.7 Å². The molecule has 8 heteroatoms. The van der Waals surface area contributed by atoms with Gasteiger partial charge in [0.15, 0.2) is 0 Å². The standard InChI is InChI=1S/C21H25N3O4S/c1-2-28-20(26)16-11-15(16)13-24(10-9-23-8-7-22-21(23)27)19(25)18-12-14-5-3-4-6-17(14)29-18/h3-6,12,15-16H,2,7-11,13H2,1H3,(H,22,27)/t15-,16+/m1/s1. The summed E-state index contributed by atoms with van der Waals surface area (Å²) < 4.78 is 6.19. The Hall–Kier alpha value is -2.61. The van der Waals surface area contributed by atoms with Crippen molar-refractivity contribution in [2.45, 2.75) is 13.3 Å². The molecule has 29 heavy (non-hydrogen) atoms. The number of esters is 1. The summed E-state index contributed by atoms with van der Waals surface area (Å²) in [4.78, 5) is 41.3. The lowest BCUT2D eigenvalue weighted by Crippen LogP contribution is -2.41. The quantitative estimate of drug-likeness (QED) is 0.672. The van der Waals surface area contributed by atoms with Crippen molar-refractivity contribution in [3.8, 4) is 0 Å². The average Bonchev–Trinajstić information content (AvgIpc) is 3.15. The lowest BCUT2D eigenvalue weighted by Gasteiger charge is -2.25. The molecule has 2 aliphatic rings. The normalized spacial score (nSPS) is 20.6. The number of urea groups is 1.